The van der Waals surface area contributed by atoms with Crippen molar-refractivity contribution in [3.63, 3.8) is 0 Å². The summed E-state index contributed by atoms with van der Waals surface area (Å²) in [4.78, 5) is 22.6. The largest absolute Gasteiger partial charge is 0.455 e. The molecule has 0 heterocycles. The summed E-state index contributed by atoms with van der Waals surface area (Å²) < 4.78 is 10.7. The van der Waals surface area contributed by atoms with Crippen molar-refractivity contribution >= 4 is 11.9 Å². The third kappa shape index (κ3) is 8.56. The quantitative estimate of drug-likeness (QED) is 0.279. The van der Waals surface area contributed by atoms with E-state index in [2.05, 4.69) is 38.5 Å². The van der Waals surface area contributed by atoms with E-state index in [-0.39, 0.29) is 24.1 Å². The number of hydrogen-bond donors (Lipinski definition) is 0. The van der Waals surface area contributed by atoms with Crippen molar-refractivity contribution in [2.45, 2.75) is 72.5 Å². The molecule has 0 N–H and O–H groups in total. The predicted octanol–water partition coefficient (Wildman–Crippen LogP) is 6.42. The SMILES string of the molecule is C=C(C)C(=O)O[C@@H]1C[C@H](C(=C)C)CC=C1C.C=CC(=O)O[C@@H]1C[C@H](C(=C)C)CC=C1C. The summed E-state index contributed by atoms with van der Waals surface area (Å²) in [5.74, 6) is 0.193. The van der Waals surface area contributed by atoms with Crippen LogP contribution < -0.4 is 0 Å². The zero-order valence-corrected chi connectivity index (χ0v) is 19.8. The topological polar surface area (TPSA) is 52.6 Å². The number of carbonyl (C=O) groups excluding carboxylic acids is 2. The van der Waals surface area contributed by atoms with Gasteiger partial charge in [-0.25, -0.2) is 9.59 Å². The lowest BCUT2D eigenvalue weighted by Gasteiger charge is -2.28. The van der Waals surface area contributed by atoms with E-state index in [1.807, 2.05) is 27.7 Å². The van der Waals surface area contributed by atoms with Crippen molar-refractivity contribution in [2.75, 3.05) is 0 Å². The van der Waals surface area contributed by atoms with Crippen molar-refractivity contribution in [1.29, 1.82) is 0 Å². The Kier molecular flexibility index (Phi) is 10.5. The van der Waals surface area contributed by atoms with Gasteiger partial charge in [-0.05, 0) is 83.3 Å². The molecule has 4 heteroatoms. The number of hydrogen-bond acceptors (Lipinski definition) is 4. The molecule has 0 aliphatic heterocycles. The average molecular weight is 427 g/mol. The van der Waals surface area contributed by atoms with Crippen LogP contribution in [0.5, 0.6) is 0 Å². The highest BCUT2D eigenvalue weighted by Crippen LogP contribution is 2.31. The van der Waals surface area contributed by atoms with Crippen LogP contribution in [-0.2, 0) is 19.1 Å². The van der Waals surface area contributed by atoms with Gasteiger partial charge < -0.3 is 9.47 Å². The van der Waals surface area contributed by atoms with Crippen LogP contribution in [0, 0.1) is 11.8 Å². The average Bonchev–Trinajstić information content (AvgIpc) is 2.71. The first-order valence-corrected chi connectivity index (χ1v) is 10.8. The van der Waals surface area contributed by atoms with Gasteiger partial charge in [-0.15, -0.1) is 0 Å². The maximum atomic E-state index is 11.5. The second kappa shape index (κ2) is 12.3. The lowest BCUT2D eigenvalue weighted by Crippen LogP contribution is -2.26. The van der Waals surface area contributed by atoms with Gasteiger partial charge in [0, 0.05) is 11.6 Å². The molecule has 0 fully saturated rings. The Morgan fingerprint density at radius 3 is 1.65 bits per heavy atom. The molecule has 0 aromatic carbocycles. The summed E-state index contributed by atoms with van der Waals surface area (Å²) in [6.07, 6.45) is 8.95. The van der Waals surface area contributed by atoms with E-state index in [4.69, 9.17) is 9.47 Å². The Hall–Kier alpha value is -2.62. The molecule has 2 rings (SSSR count). The number of carbonyl (C=O) groups is 2. The molecule has 0 aromatic rings. The maximum Gasteiger partial charge on any atom is 0.333 e. The van der Waals surface area contributed by atoms with Gasteiger partial charge in [0.2, 0.25) is 0 Å². The maximum absolute atomic E-state index is 11.5. The number of allylic oxidation sites excluding steroid dienone is 4. The van der Waals surface area contributed by atoms with E-state index < -0.39 is 0 Å². The van der Waals surface area contributed by atoms with Crippen LogP contribution in [-0.4, -0.2) is 24.1 Å². The lowest BCUT2D eigenvalue weighted by molar-refractivity contribution is -0.143. The zero-order chi connectivity index (χ0) is 23.7. The van der Waals surface area contributed by atoms with Crippen molar-refractivity contribution in [3.05, 3.63) is 72.4 Å². The third-order valence-corrected chi connectivity index (χ3v) is 5.88. The Bertz CT molecular complexity index is 796. The van der Waals surface area contributed by atoms with Gasteiger partial charge in [-0.2, -0.15) is 0 Å². The molecule has 2 aliphatic carbocycles. The number of esters is 2. The lowest BCUT2D eigenvalue weighted by atomic mass is 9.84. The van der Waals surface area contributed by atoms with Crippen LogP contribution in [0.3, 0.4) is 0 Å². The van der Waals surface area contributed by atoms with Gasteiger partial charge in [0.25, 0.3) is 0 Å². The Balaban J connectivity index is 0.000000311. The Labute approximate surface area is 188 Å². The first-order chi connectivity index (χ1) is 14.5. The van der Waals surface area contributed by atoms with Gasteiger partial charge >= 0.3 is 11.9 Å². The molecular formula is C27H38O4. The van der Waals surface area contributed by atoms with Crippen LogP contribution in [0.1, 0.15) is 60.3 Å². The van der Waals surface area contributed by atoms with E-state index in [1.54, 1.807) is 6.92 Å². The highest BCUT2D eigenvalue weighted by molar-refractivity contribution is 5.87. The van der Waals surface area contributed by atoms with Gasteiger partial charge in [0.05, 0.1) is 0 Å². The molecule has 170 valence electrons. The summed E-state index contributed by atoms with van der Waals surface area (Å²) >= 11 is 0. The van der Waals surface area contributed by atoms with Crippen molar-refractivity contribution in [1.82, 2.24) is 0 Å². The minimum absolute atomic E-state index is 0.106. The molecule has 31 heavy (non-hydrogen) atoms. The fourth-order valence-corrected chi connectivity index (χ4v) is 3.51. The highest BCUT2D eigenvalue weighted by Gasteiger charge is 2.26. The van der Waals surface area contributed by atoms with E-state index in [0.29, 0.717) is 17.4 Å². The molecule has 0 saturated heterocycles. The van der Waals surface area contributed by atoms with Gasteiger partial charge in [0.1, 0.15) is 12.2 Å². The Morgan fingerprint density at radius 1 is 0.871 bits per heavy atom. The molecule has 4 atom stereocenters. The molecule has 4 nitrogen and oxygen atoms in total. The molecule has 0 radical (unpaired) electrons. The van der Waals surface area contributed by atoms with Crippen LogP contribution in [0.2, 0.25) is 0 Å². The molecule has 0 aromatic heterocycles. The molecule has 0 saturated carbocycles. The van der Waals surface area contributed by atoms with Gasteiger partial charge in [-0.3, -0.25) is 0 Å². The fourth-order valence-electron chi connectivity index (χ4n) is 3.51. The molecule has 2 aliphatic rings. The molecule has 0 bridgehead atoms. The van der Waals surface area contributed by atoms with Crippen molar-refractivity contribution in [3.8, 4) is 0 Å². The first kappa shape index (κ1) is 26.4. The second-order valence-corrected chi connectivity index (χ2v) is 8.73. The van der Waals surface area contributed by atoms with Crippen molar-refractivity contribution < 1.29 is 19.1 Å². The standard InChI is InChI=1S/C14H20O2.C13H18O2/c1-9(2)12-7-6-11(5)13(8-12)16-14(15)10(3)4;1-5-13(14)15-12-8-11(9(2)3)7-6-10(12)4/h6,12-13H,1,3,7-8H2,2,4-5H3;5-6,11-12H,1-2,7-8H2,3-4H3/t12-,13-;11-,12-/m11/s1. The van der Waals surface area contributed by atoms with E-state index in [1.165, 1.54) is 6.08 Å². The summed E-state index contributed by atoms with van der Waals surface area (Å²) in [6, 6.07) is 0. The van der Waals surface area contributed by atoms with Crippen molar-refractivity contribution in [2.24, 2.45) is 11.8 Å². The first-order valence-electron chi connectivity index (χ1n) is 10.8. The third-order valence-electron chi connectivity index (χ3n) is 5.88. The minimum atomic E-state index is -0.352. The summed E-state index contributed by atoms with van der Waals surface area (Å²) in [5, 5.41) is 0. The minimum Gasteiger partial charge on any atom is -0.455 e. The molecule has 0 amide bonds. The van der Waals surface area contributed by atoms with E-state index >= 15 is 0 Å². The fraction of sp³-hybridized carbons (Fsp3) is 0.481. The van der Waals surface area contributed by atoms with E-state index in [9.17, 15) is 9.59 Å². The van der Waals surface area contributed by atoms with Crippen LogP contribution in [0.4, 0.5) is 0 Å². The van der Waals surface area contributed by atoms with Crippen LogP contribution >= 0.6 is 0 Å². The summed E-state index contributed by atoms with van der Waals surface area (Å²) in [5.41, 5.74) is 5.01. The van der Waals surface area contributed by atoms with Crippen LogP contribution in [0.15, 0.2) is 72.4 Å². The van der Waals surface area contributed by atoms with Crippen LogP contribution in [0.25, 0.3) is 0 Å². The normalized spacial score (nSPS) is 24.9. The predicted molar refractivity (Wildman–Crippen MR) is 127 cm³/mol. The number of ether oxygens (including phenoxy) is 2. The zero-order valence-electron chi connectivity index (χ0n) is 19.8. The molecule has 0 unspecified atom stereocenters. The number of rotatable bonds is 6. The summed E-state index contributed by atoms with van der Waals surface area (Å²) in [6.45, 7) is 24.6. The smallest absolute Gasteiger partial charge is 0.333 e. The molecule has 0 spiro atoms. The second-order valence-electron chi connectivity index (χ2n) is 8.73. The van der Waals surface area contributed by atoms with E-state index in [0.717, 1.165) is 48.0 Å². The monoisotopic (exact) mass is 426 g/mol. The van der Waals surface area contributed by atoms with Gasteiger partial charge in [-0.1, -0.05) is 49.6 Å². The Morgan fingerprint density at radius 2 is 1.29 bits per heavy atom. The summed E-state index contributed by atoms with van der Waals surface area (Å²) in [7, 11) is 0. The van der Waals surface area contributed by atoms with Gasteiger partial charge in [0.15, 0.2) is 0 Å². The highest BCUT2D eigenvalue weighted by atomic mass is 16.5. The molecular weight excluding hydrogens is 388 g/mol.